The maximum Gasteiger partial charge on any atom is 0.416 e. The molecule has 1 aromatic heterocycles. The molecule has 7 heteroatoms. The molecule has 1 aromatic carbocycles. The van der Waals surface area contributed by atoms with Crippen molar-refractivity contribution in [3.8, 4) is 0 Å². The van der Waals surface area contributed by atoms with Crippen LogP contribution in [-0.2, 0) is 6.18 Å². The highest BCUT2D eigenvalue weighted by molar-refractivity contribution is 6.03. The Morgan fingerprint density at radius 1 is 1.20 bits per heavy atom. The number of carbonyl (C=O) groups excluding carboxylic acids is 1. The SMILES string of the molecule is CCCCN(C)c1ccnc(C(=O)Nc2ccc(C(F)(F)F)cc2)c1. The van der Waals surface area contributed by atoms with Crippen molar-refractivity contribution < 1.29 is 18.0 Å². The van der Waals surface area contributed by atoms with Crippen LogP contribution >= 0.6 is 0 Å². The van der Waals surface area contributed by atoms with Crippen LogP contribution in [0.5, 0.6) is 0 Å². The molecule has 134 valence electrons. The van der Waals surface area contributed by atoms with E-state index in [-0.39, 0.29) is 11.4 Å². The third-order valence-electron chi connectivity index (χ3n) is 3.73. The summed E-state index contributed by atoms with van der Waals surface area (Å²) in [6.07, 6.45) is -0.760. The molecule has 4 nitrogen and oxygen atoms in total. The molecule has 0 saturated carbocycles. The van der Waals surface area contributed by atoms with Gasteiger partial charge in [-0.05, 0) is 42.8 Å². The average Bonchev–Trinajstić information content (AvgIpc) is 2.59. The molecular weight excluding hydrogens is 331 g/mol. The van der Waals surface area contributed by atoms with E-state index in [0.717, 1.165) is 37.2 Å². The fourth-order valence-corrected chi connectivity index (χ4v) is 2.24. The Balaban J connectivity index is 2.08. The average molecular weight is 351 g/mol. The molecule has 0 saturated heterocycles. The molecule has 0 radical (unpaired) electrons. The molecule has 1 N–H and O–H groups in total. The van der Waals surface area contributed by atoms with Crippen molar-refractivity contribution in [1.29, 1.82) is 0 Å². The second-order valence-corrected chi connectivity index (χ2v) is 5.70. The predicted octanol–water partition coefficient (Wildman–Crippen LogP) is 4.59. The lowest BCUT2D eigenvalue weighted by atomic mass is 10.2. The number of unbranched alkanes of at least 4 members (excludes halogenated alkanes) is 1. The summed E-state index contributed by atoms with van der Waals surface area (Å²) < 4.78 is 37.7. The number of rotatable bonds is 6. The lowest BCUT2D eigenvalue weighted by Crippen LogP contribution is -2.20. The molecule has 2 rings (SSSR count). The zero-order valence-corrected chi connectivity index (χ0v) is 14.1. The van der Waals surface area contributed by atoms with Crippen LogP contribution in [0, 0.1) is 0 Å². The van der Waals surface area contributed by atoms with Gasteiger partial charge < -0.3 is 10.2 Å². The number of amides is 1. The highest BCUT2D eigenvalue weighted by atomic mass is 19.4. The molecule has 25 heavy (non-hydrogen) atoms. The topological polar surface area (TPSA) is 45.2 Å². The summed E-state index contributed by atoms with van der Waals surface area (Å²) in [4.78, 5) is 18.3. The van der Waals surface area contributed by atoms with E-state index in [9.17, 15) is 18.0 Å². The summed E-state index contributed by atoms with van der Waals surface area (Å²) in [5.74, 6) is -0.467. The van der Waals surface area contributed by atoms with Crippen molar-refractivity contribution in [2.75, 3.05) is 23.8 Å². The third kappa shape index (κ3) is 5.20. The Labute approximate surface area is 144 Å². The number of halogens is 3. The Bertz CT molecular complexity index is 714. The number of hydrogen-bond donors (Lipinski definition) is 1. The monoisotopic (exact) mass is 351 g/mol. The van der Waals surface area contributed by atoms with Crippen molar-refractivity contribution >= 4 is 17.3 Å². The fraction of sp³-hybridized carbons (Fsp3) is 0.333. The number of anilines is 2. The van der Waals surface area contributed by atoms with E-state index in [0.29, 0.717) is 0 Å². The van der Waals surface area contributed by atoms with E-state index in [1.807, 2.05) is 18.0 Å². The fourth-order valence-electron chi connectivity index (χ4n) is 2.24. The van der Waals surface area contributed by atoms with E-state index >= 15 is 0 Å². The first-order valence-corrected chi connectivity index (χ1v) is 7.97. The molecule has 0 aliphatic carbocycles. The number of hydrogen-bond acceptors (Lipinski definition) is 3. The lowest BCUT2D eigenvalue weighted by Gasteiger charge is -2.19. The van der Waals surface area contributed by atoms with Crippen LogP contribution in [0.4, 0.5) is 24.5 Å². The predicted molar refractivity (Wildman–Crippen MR) is 91.8 cm³/mol. The van der Waals surface area contributed by atoms with Crippen LogP contribution < -0.4 is 10.2 Å². The minimum absolute atomic E-state index is 0.209. The van der Waals surface area contributed by atoms with Gasteiger partial charge in [0.15, 0.2) is 0 Å². The molecule has 0 unspecified atom stereocenters. The zero-order chi connectivity index (χ0) is 18.4. The van der Waals surface area contributed by atoms with Gasteiger partial charge >= 0.3 is 6.18 Å². The van der Waals surface area contributed by atoms with Gasteiger partial charge in [-0.1, -0.05) is 13.3 Å². The largest absolute Gasteiger partial charge is 0.416 e. The summed E-state index contributed by atoms with van der Waals surface area (Å²) >= 11 is 0. The number of nitrogens with zero attached hydrogens (tertiary/aromatic N) is 2. The lowest BCUT2D eigenvalue weighted by molar-refractivity contribution is -0.137. The molecule has 0 atom stereocenters. The van der Waals surface area contributed by atoms with E-state index in [1.54, 1.807) is 12.3 Å². The zero-order valence-electron chi connectivity index (χ0n) is 14.1. The normalized spacial score (nSPS) is 11.2. The molecule has 0 bridgehead atoms. The van der Waals surface area contributed by atoms with Gasteiger partial charge in [0.2, 0.25) is 0 Å². The Kier molecular flexibility index (Phi) is 6.01. The van der Waals surface area contributed by atoms with Gasteiger partial charge in [0.25, 0.3) is 5.91 Å². The van der Waals surface area contributed by atoms with Crippen LogP contribution in [0.3, 0.4) is 0 Å². The minimum atomic E-state index is -4.40. The van der Waals surface area contributed by atoms with Crippen LogP contribution in [0.1, 0.15) is 35.8 Å². The molecule has 0 aliphatic rings. The molecular formula is C18H20F3N3O. The molecule has 1 amide bonds. The number of pyridine rings is 1. The van der Waals surface area contributed by atoms with Crippen molar-refractivity contribution in [3.63, 3.8) is 0 Å². The number of aromatic nitrogens is 1. The van der Waals surface area contributed by atoms with Gasteiger partial charge in [0.05, 0.1) is 5.56 Å². The standard InChI is InChI=1S/C18H20F3N3O/c1-3-4-11-24(2)15-9-10-22-16(12-15)17(25)23-14-7-5-13(6-8-14)18(19,20)21/h5-10,12H,3-4,11H2,1-2H3,(H,23,25). The number of benzene rings is 1. The maximum absolute atomic E-state index is 12.6. The molecule has 1 heterocycles. The van der Waals surface area contributed by atoms with E-state index in [4.69, 9.17) is 0 Å². The summed E-state index contributed by atoms with van der Waals surface area (Å²) in [6.45, 7) is 2.96. The van der Waals surface area contributed by atoms with Gasteiger partial charge in [0, 0.05) is 31.2 Å². The van der Waals surface area contributed by atoms with Gasteiger partial charge in [-0.2, -0.15) is 13.2 Å². The van der Waals surface area contributed by atoms with E-state index in [2.05, 4.69) is 17.2 Å². The summed E-state index contributed by atoms with van der Waals surface area (Å²) in [6, 6.07) is 7.77. The van der Waals surface area contributed by atoms with Gasteiger partial charge in [0.1, 0.15) is 5.69 Å². The van der Waals surface area contributed by atoms with Crippen molar-refractivity contribution in [1.82, 2.24) is 4.98 Å². The highest BCUT2D eigenvalue weighted by Gasteiger charge is 2.30. The first-order valence-electron chi connectivity index (χ1n) is 7.97. The highest BCUT2D eigenvalue weighted by Crippen LogP contribution is 2.29. The second-order valence-electron chi connectivity index (χ2n) is 5.70. The summed E-state index contributed by atoms with van der Waals surface area (Å²) in [5, 5.41) is 2.56. The molecule has 2 aromatic rings. The molecule has 0 fully saturated rings. The first kappa shape index (κ1) is 18.8. The third-order valence-corrected chi connectivity index (χ3v) is 3.73. The van der Waals surface area contributed by atoms with Crippen LogP contribution in [0.25, 0.3) is 0 Å². The van der Waals surface area contributed by atoms with Gasteiger partial charge in [-0.15, -0.1) is 0 Å². The number of carbonyl (C=O) groups is 1. The van der Waals surface area contributed by atoms with Crippen LogP contribution in [0.15, 0.2) is 42.6 Å². The number of nitrogens with one attached hydrogen (secondary N) is 1. The van der Waals surface area contributed by atoms with Gasteiger partial charge in [-0.25, -0.2) is 0 Å². The smallest absolute Gasteiger partial charge is 0.374 e. The Morgan fingerprint density at radius 2 is 1.88 bits per heavy atom. The van der Waals surface area contributed by atoms with Crippen LogP contribution in [-0.4, -0.2) is 24.5 Å². The molecule has 0 spiro atoms. The van der Waals surface area contributed by atoms with Crippen molar-refractivity contribution in [2.45, 2.75) is 25.9 Å². The second kappa shape index (κ2) is 8.00. The maximum atomic E-state index is 12.6. The van der Waals surface area contributed by atoms with Crippen molar-refractivity contribution in [2.24, 2.45) is 0 Å². The summed E-state index contributed by atoms with van der Waals surface area (Å²) in [7, 11) is 1.93. The Morgan fingerprint density at radius 3 is 2.48 bits per heavy atom. The Hall–Kier alpha value is -2.57. The minimum Gasteiger partial charge on any atom is -0.374 e. The van der Waals surface area contributed by atoms with Crippen LogP contribution in [0.2, 0.25) is 0 Å². The quantitative estimate of drug-likeness (QED) is 0.828. The number of alkyl halides is 3. The first-order chi connectivity index (χ1) is 11.8. The molecule has 0 aliphatic heterocycles. The van der Waals surface area contributed by atoms with Crippen molar-refractivity contribution in [3.05, 3.63) is 53.9 Å². The van der Waals surface area contributed by atoms with E-state index in [1.165, 1.54) is 12.1 Å². The van der Waals surface area contributed by atoms with Gasteiger partial charge in [-0.3, -0.25) is 9.78 Å². The van der Waals surface area contributed by atoms with E-state index < -0.39 is 17.6 Å². The summed E-state index contributed by atoms with van der Waals surface area (Å²) in [5.41, 5.74) is 0.592.